The Morgan fingerprint density at radius 1 is 1.26 bits per heavy atom. The number of carbonyl (C=O) groups excluding carboxylic acids is 2. The number of fused-ring (bicyclic) bond motifs is 1. The predicted octanol–water partition coefficient (Wildman–Crippen LogP) is 3.04. The predicted molar refractivity (Wildman–Crippen MR) is 85.7 cm³/mol. The minimum Gasteiger partial charge on any atom is -0.508 e. The van der Waals surface area contributed by atoms with Crippen LogP contribution in [-0.4, -0.2) is 22.5 Å². The number of rotatable bonds is 5. The van der Waals surface area contributed by atoms with E-state index in [9.17, 15) is 14.7 Å². The molecule has 0 fully saturated rings. The van der Waals surface area contributed by atoms with E-state index in [0.717, 1.165) is 25.7 Å². The molecular weight excluding hydrogens is 318 g/mol. The third-order valence-electron chi connectivity index (χ3n) is 4.21. The summed E-state index contributed by atoms with van der Waals surface area (Å²) >= 11 is 5.80. The van der Waals surface area contributed by atoms with Crippen molar-refractivity contribution in [2.75, 3.05) is 0 Å². The number of unbranched alkanes of at least 4 members (excludes halogenated alkanes) is 3. The zero-order valence-corrected chi connectivity index (χ0v) is 13.6. The molecule has 1 spiro atoms. The zero-order valence-electron chi connectivity index (χ0n) is 12.8. The lowest BCUT2D eigenvalue weighted by Crippen LogP contribution is -2.50. The molecule has 0 radical (unpaired) electrons. The number of phenolic OH excluding ortho intramolecular Hbond substituents is 1. The van der Waals surface area contributed by atoms with Crippen LogP contribution < -0.4 is 10.1 Å². The number of amides is 1. The second kappa shape index (κ2) is 5.89. The molecule has 0 saturated carbocycles. The lowest BCUT2D eigenvalue weighted by atomic mass is 9.98. The Hall–Kier alpha value is -2.01. The number of ether oxygens (including phenoxy) is 1. The first kappa shape index (κ1) is 15.9. The van der Waals surface area contributed by atoms with Gasteiger partial charge >= 0.3 is 0 Å². The van der Waals surface area contributed by atoms with Gasteiger partial charge in [-0.3, -0.25) is 9.59 Å². The van der Waals surface area contributed by atoms with Crippen molar-refractivity contribution < 1.29 is 19.4 Å². The first-order chi connectivity index (χ1) is 11.0. The molecule has 2 aliphatic rings. The van der Waals surface area contributed by atoms with Gasteiger partial charge in [0, 0.05) is 11.6 Å². The van der Waals surface area contributed by atoms with Gasteiger partial charge < -0.3 is 15.2 Å². The van der Waals surface area contributed by atoms with E-state index >= 15 is 0 Å². The summed E-state index contributed by atoms with van der Waals surface area (Å²) in [5.41, 5.74) is -0.603. The van der Waals surface area contributed by atoms with Crippen molar-refractivity contribution in [1.82, 2.24) is 5.32 Å². The molecule has 0 saturated heterocycles. The number of halogens is 1. The smallest absolute Gasteiger partial charge is 0.268 e. The van der Waals surface area contributed by atoms with Crippen molar-refractivity contribution in [3.8, 4) is 11.5 Å². The van der Waals surface area contributed by atoms with E-state index in [2.05, 4.69) is 12.2 Å². The van der Waals surface area contributed by atoms with Crippen molar-refractivity contribution in [3.63, 3.8) is 0 Å². The first-order valence-corrected chi connectivity index (χ1v) is 8.16. The van der Waals surface area contributed by atoms with Crippen LogP contribution in [-0.2, 0) is 11.2 Å². The van der Waals surface area contributed by atoms with Crippen molar-refractivity contribution in [1.29, 1.82) is 0 Å². The number of hydrogen-bond acceptors (Lipinski definition) is 4. The molecule has 2 N–H and O–H groups in total. The van der Waals surface area contributed by atoms with Crippen LogP contribution in [0.3, 0.4) is 0 Å². The summed E-state index contributed by atoms with van der Waals surface area (Å²) in [5, 5.41) is 12.5. The quantitative estimate of drug-likeness (QED) is 0.811. The number of carbonyl (C=O) groups is 2. The standard InChI is InChI=1S/C17H18ClNO4/c1-2-3-4-5-6-10-13(20)8-7-11-14(10)23-17(15(11)21)9-12(18)16(22)19-17/h7-9,20H,2-6H2,1H3,(H,19,22)/t17-/m0/s1. The highest BCUT2D eigenvalue weighted by Gasteiger charge is 2.52. The van der Waals surface area contributed by atoms with Gasteiger partial charge in [-0.2, -0.15) is 0 Å². The number of benzene rings is 1. The normalized spacial score (nSPS) is 22.1. The SMILES string of the molecule is CCCCCCc1c(O)ccc2c1O[C@@]1(C=C(Cl)C(=O)N1)C2=O. The second-order valence-corrected chi connectivity index (χ2v) is 6.27. The van der Waals surface area contributed by atoms with Gasteiger partial charge in [-0.05, 0) is 25.0 Å². The molecule has 1 aromatic rings. The lowest BCUT2D eigenvalue weighted by molar-refractivity contribution is -0.118. The van der Waals surface area contributed by atoms with Crippen LogP contribution in [0.4, 0.5) is 0 Å². The molecule has 2 aliphatic heterocycles. The Labute approximate surface area is 139 Å². The van der Waals surface area contributed by atoms with Gasteiger partial charge in [-0.1, -0.05) is 37.8 Å². The van der Waals surface area contributed by atoms with Crippen LogP contribution in [0.1, 0.15) is 48.5 Å². The summed E-state index contributed by atoms with van der Waals surface area (Å²) in [6.45, 7) is 2.13. The number of ketones is 1. The van der Waals surface area contributed by atoms with Crippen LogP contribution in [0.2, 0.25) is 0 Å². The van der Waals surface area contributed by atoms with E-state index < -0.39 is 11.6 Å². The molecule has 0 aliphatic carbocycles. The monoisotopic (exact) mass is 335 g/mol. The van der Waals surface area contributed by atoms with Gasteiger partial charge in [-0.25, -0.2) is 0 Å². The Morgan fingerprint density at radius 2 is 2.04 bits per heavy atom. The van der Waals surface area contributed by atoms with Crippen molar-refractivity contribution in [3.05, 3.63) is 34.4 Å². The summed E-state index contributed by atoms with van der Waals surface area (Å²) in [6.07, 6.45) is 6.08. The molecule has 1 atom stereocenters. The van der Waals surface area contributed by atoms with Gasteiger partial charge in [-0.15, -0.1) is 0 Å². The van der Waals surface area contributed by atoms with Gasteiger partial charge in [0.05, 0.1) is 5.56 Å². The Morgan fingerprint density at radius 3 is 2.70 bits per heavy atom. The molecule has 5 nitrogen and oxygen atoms in total. The van der Waals surface area contributed by atoms with Crippen LogP contribution in [0, 0.1) is 0 Å². The zero-order chi connectivity index (χ0) is 16.6. The summed E-state index contributed by atoms with van der Waals surface area (Å²) in [7, 11) is 0. The van der Waals surface area contributed by atoms with E-state index in [0.29, 0.717) is 23.3 Å². The molecule has 6 heteroatoms. The summed E-state index contributed by atoms with van der Waals surface area (Å²) in [5.74, 6) is -0.466. The van der Waals surface area contributed by atoms with Crippen LogP contribution in [0.25, 0.3) is 0 Å². The fraction of sp³-hybridized carbons (Fsp3) is 0.412. The third-order valence-corrected chi connectivity index (χ3v) is 4.49. The highest BCUT2D eigenvalue weighted by atomic mass is 35.5. The first-order valence-electron chi connectivity index (χ1n) is 7.78. The molecule has 0 bridgehead atoms. The summed E-state index contributed by atoms with van der Waals surface area (Å²) in [4.78, 5) is 24.3. The van der Waals surface area contributed by atoms with E-state index in [1.807, 2.05) is 0 Å². The molecule has 23 heavy (non-hydrogen) atoms. The maximum absolute atomic E-state index is 12.6. The second-order valence-electron chi connectivity index (χ2n) is 5.86. The number of Topliss-reactive ketones (excluding diaryl/α,β-unsaturated/α-hetero) is 1. The minimum atomic E-state index is -1.57. The van der Waals surface area contributed by atoms with E-state index in [1.165, 1.54) is 18.2 Å². The molecule has 3 rings (SSSR count). The highest BCUT2D eigenvalue weighted by molar-refractivity contribution is 6.43. The summed E-state index contributed by atoms with van der Waals surface area (Å²) < 4.78 is 5.78. The van der Waals surface area contributed by atoms with Gasteiger partial charge in [0.25, 0.3) is 11.6 Å². The Bertz CT molecular complexity index is 713. The van der Waals surface area contributed by atoms with E-state index in [1.54, 1.807) is 0 Å². The number of aromatic hydroxyl groups is 1. The van der Waals surface area contributed by atoms with Crippen LogP contribution >= 0.6 is 11.6 Å². The fourth-order valence-electron chi connectivity index (χ4n) is 2.98. The van der Waals surface area contributed by atoms with Crippen molar-refractivity contribution in [2.24, 2.45) is 0 Å². The van der Waals surface area contributed by atoms with Gasteiger partial charge in [0.15, 0.2) is 0 Å². The van der Waals surface area contributed by atoms with Gasteiger partial charge in [0.1, 0.15) is 16.5 Å². The topological polar surface area (TPSA) is 75.6 Å². The molecule has 0 unspecified atom stereocenters. The Balaban J connectivity index is 1.91. The molecule has 0 aromatic heterocycles. The third kappa shape index (κ3) is 2.59. The average molecular weight is 336 g/mol. The number of phenols is 1. The van der Waals surface area contributed by atoms with Crippen molar-refractivity contribution in [2.45, 2.75) is 44.8 Å². The average Bonchev–Trinajstić information content (AvgIpc) is 2.95. The maximum atomic E-state index is 12.6. The fourth-order valence-corrected chi connectivity index (χ4v) is 3.18. The minimum absolute atomic E-state index is 0.0696. The molecule has 2 heterocycles. The molecule has 1 aromatic carbocycles. The largest absolute Gasteiger partial charge is 0.508 e. The summed E-state index contributed by atoms with van der Waals surface area (Å²) in [6, 6.07) is 3.01. The van der Waals surface area contributed by atoms with Crippen molar-refractivity contribution >= 4 is 23.3 Å². The van der Waals surface area contributed by atoms with Crippen LogP contribution in [0.5, 0.6) is 11.5 Å². The Kier molecular flexibility index (Phi) is 4.06. The maximum Gasteiger partial charge on any atom is 0.268 e. The van der Waals surface area contributed by atoms with Crippen LogP contribution in [0.15, 0.2) is 23.2 Å². The molecular formula is C17H18ClNO4. The lowest BCUT2D eigenvalue weighted by Gasteiger charge is -2.20. The number of hydrogen-bond donors (Lipinski definition) is 2. The van der Waals surface area contributed by atoms with E-state index in [4.69, 9.17) is 16.3 Å². The number of nitrogens with one attached hydrogen (secondary N) is 1. The van der Waals surface area contributed by atoms with E-state index in [-0.39, 0.29) is 16.6 Å². The molecule has 122 valence electrons. The highest BCUT2D eigenvalue weighted by Crippen LogP contribution is 2.43. The molecule has 1 amide bonds. The van der Waals surface area contributed by atoms with Gasteiger partial charge in [0.2, 0.25) is 5.78 Å².